The summed E-state index contributed by atoms with van der Waals surface area (Å²) in [5.41, 5.74) is 2.09. The summed E-state index contributed by atoms with van der Waals surface area (Å²) in [6, 6.07) is 8.88. The Kier molecular flexibility index (Phi) is 4.49. The fraction of sp³-hybridized carbons (Fsp3) is 0.650. The largest absolute Gasteiger partial charge is 0.370 e. The smallest absolute Gasteiger partial charge is 0.253 e. The van der Waals surface area contributed by atoms with E-state index in [9.17, 15) is 4.79 Å². The number of benzene rings is 1. The van der Waals surface area contributed by atoms with Gasteiger partial charge in [-0.1, -0.05) is 0 Å². The molecule has 1 saturated carbocycles. The van der Waals surface area contributed by atoms with E-state index < -0.39 is 0 Å². The summed E-state index contributed by atoms with van der Waals surface area (Å²) in [7, 11) is 2.03. The van der Waals surface area contributed by atoms with Crippen LogP contribution in [-0.2, 0) is 0 Å². The Hall–Kier alpha value is -1.55. The molecule has 2 bridgehead atoms. The lowest BCUT2D eigenvalue weighted by Gasteiger charge is -2.23. The summed E-state index contributed by atoms with van der Waals surface area (Å²) >= 11 is 0. The SMILES string of the molecule is CNC1CCN(c2ccc(C(=O)N3CC4CCC(CC4)C3)cc2)C1. The standard InChI is InChI=1S/C20H29N3O/c1-21-18-10-11-22(14-18)19-8-6-17(7-9-19)20(24)23-12-15-2-3-16(13-23)5-4-15/h6-9,15-16,18,21H,2-5,10-14H2,1H3. The summed E-state index contributed by atoms with van der Waals surface area (Å²) in [4.78, 5) is 17.4. The molecule has 0 aromatic heterocycles. The minimum absolute atomic E-state index is 0.231. The molecule has 4 aliphatic rings. The number of hydrogen-bond donors (Lipinski definition) is 1. The monoisotopic (exact) mass is 327 g/mol. The zero-order valence-electron chi connectivity index (χ0n) is 14.7. The van der Waals surface area contributed by atoms with E-state index in [0.29, 0.717) is 6.04 Å². The lowest BCUT2D eigenvalue weighted by molar-refractivity contribution is 0.0739. The first kappa shape index (κ1) is 15.9. The average molecular weight is 327 g/mol. The highest BCUT2D eigenvalue weighted by Gasteiger charge is 2.32. The lowest BCUT2D eigenvalue weighted by Crippen LogP contribution is -2.34. The summed E-state index contributed by atoms with van der Waals surface area (Å²) in [6.07, 6.45) is 6.45. The van der Waals surface area contributed by atoms with Crippen LogP contribution >= 0.6 is 0 Å². The van der Waals surface area contributed by atoms with Gasteiger partial charge in [0.25, 0.3) is 5.91 Å². The quantitative estimate of drug-likeness (QED) is 0.927. The topological polar surface area (TPSA) is 35.6 Å². The van der Waals surface area contributed by atoms with Crippen LogP contribution in [0.15, 0.2) is 24.3 Å². The van der Waals surface area contributed by atoms with Gasteiger partial charge in [0, 0.05) is 43.5 Å². The summed E-state index contributed by atoms with van der Waals surface area (Å²) in [6.45, 7) is 4.08. The van der Waals surface area contributed by atoms with Gasteiger partial charge in [0.15, 0.2) is 0 Å². The number of anilines is 1. The van der Waals surface area contributed by atoms with E-state index in [4.69, 9.17) is 0 Å². The van der Waals surface area contributed by atoms with Crippen molar-refractivity contribution in [1.82, 2.24) is 10.2 Å². The molecule has 24 heavy (non-hydrogen) atoms. The Morgan fingerprint density at radius 1 is 0.958 bits per heavy atom. The van der Waals surface area contributed by atoms with Crippen LogP contribution in [0.1, 0.15) is 42.5 Å². The van der Waals surface area contributed by atoms with E-state index in [-0.39, 0.29) is 5.91 Å². The Morgan fingerprint density at radius 3 is 2.12 bits per heavy atom. The number of amides is 1. The molecule has 1 aliphatic carbocycles. The summed E-state index contributed by atoms with van der Waals surface area (Å²) in [5, 5.41) is 3.35. The van der Waals surface area contributed by atoms with Crippen molar-refractivity contribution >= 4 is 11.6 Å². The van der Waals surface area contributed by atoms with Crippen LogP contribution in [0.5, 0.6) is 0 Å². The summed E-state index contributed by atoms with van der Waals surface area (Å²) < 4.78 is 0. The highest BCUT2D eigenvalue weighted by molar-refractivity contribution is 5.94. The van der Waals surface area contributed by atoms with Gasteiger partial charge in [0.1, 0.15) is 0 Å². The van der Waals surface area contributed by atoms with Gasteiger partial charge in [0.2, 0.25) is 0 Å². The minimum Gasteiger partial charge on any atom is -0.370 e. The van der Waals surface area contributed by atoms with Crippen LogP contribution in [0.2, 0.25) is 0 Å². The second-order valence-electron chi connectivity index (χ2n) is 7.86. The normalized spacial score (nSPS) is 29.8. The Labute approximate surface area is 145 Å². The molecule has 1 amide bonds. The predicted molar refractivity (Wildman–Crippen MR) is 97.5 cm³/mol. The Bertz CT molecular complexity index is 563. The second-order valence-corrected chi connectivity index (χ2v) is 7.86. The molecule has 0 radical (unpaired) electrons. The van der Waals surface area contributed by atoms with Gasteiger partial charge in [-0.15, -0.1) is 0 Å². The highest BCUT2D eigenvalue weighted by atomic mass is 16.2. The average Bonchev–Trinajstić information content (AvgIpc) is 2.91. The van der Waals surface area contributed by atoms with Crippen molar-refractivity contribution in [3.63, 3.8) is 0 Å². The first-order valence-electron chi connectivity index (χ1n) is 9.54. The van der Waals surface area contributed by atoms with Crippen molar-refractivity contribution in [2.45, 2.75) is 38.1 Å². The number of carbonyl (C=O) groups excluding carboxylic acids is 1. The molecule has 4 fully saturated rings. The van der Waals surface area contributed by atoms with Gasteiger partial charge in [-0.2, -0.15) is 0 Å². The molecule has 3 aliphatic heterocycles. The molecule has 1 unspecified atom stereocenters. The van der Waals surface area contributed by atoms with Crippen molar-refractivity contribution < 1.29 is 4.79 Å². The van der Waals surface area contributed by atoms with E-state index >= 15 is 0 Å². The van der Waals surface area contributed by atoms with Gasteiger partial charge in [0.05, 0.1) is 0 Å². The van der Waals surface area contributed by atoms with E-state index in [1.807, 2.05) is 19.2 Å². The molecule has 130 valence electrons. The molecule has 3 heterocycles. The molecule has 1 aromatic rings. The maximum atomic E-state index is 12.9. The second kappa shape index (κ2) is 6.75. The first-order chi connectivity index (χ1) is 11.7. The van der Waals surface area contributed by atoms with Gasteiger partial charge in [-0.25, -0.2) is 0 Å². The molecule has 5 rings (SSSR count). The number of likely N-dealkylation sites (N-methyl/N-ethyl adjacent to an activating group) is 1. The van der Waals surface area contributed by atoms with E-state index in [1.54, 1.807) is 0 Å². The molecule has 4 heteroatoms. The van der Waals surface area contributed by atoms with E-state index in [2.05, 4.69) is 27.2 Å². The molecule has 4 nitrogen and oxygen atoms in total. The third-order valence-electron chi connectivity index (χ3n) is 6.29. The lowest BCUT2D eigenvalue weighted by atomic mass is 9.84. The van der Waals surface area contributed by atoms with Crippen molar-refractivity contribution in [2.24, 2.45) is 11.8 Å². The van der Waals surface area contributed by atoms with Crippen molar-refractivity contribution in [3.05, 3.63) is 29.8 Å². The van der Waals surface area contributed by atoms with Crippen molar-refractivity contribution in [2.75, 3.05) is 38.1 Å². The molecule has 1 aromatic carbocycles. The fourth-order valence-corrected chi connectivity index (χ4v) is 4.69. The minimum atomic E-state index is 0.231. The molecular formula is C20H29N3O. The third-order valence-corrected chi connectivity index (χ3v) is 6.29. The van der Waals surface area contributed by atoms with Crippen LogP contribution in [0.4, 0.5) is 5.69 Å². The van der Waals surface area contributed by atoms with E-state index in [1.165, 1.54) is 37.8 Å². The number of rotatable bonds is 3. The maximum absolute atomic E-state index is 12.9. The number of fused-ring (bicyclic) bond motifs is 4. The number of nitrogens with zero attached hydrogens (tertiary/aromatic N) is 2. The van der Waals surface area contributed by atoms with Gasteiger partial charge >= 0.3 is 0 Å². The van der Waals surface area contributed by atoms with E-state index in [0.717, 1.165) is 43.6 Å². The van der Waals surface area contributed by atoms with Crippen LogP contribution < -0.4 is 10.2 Å². The molecule has 1 atom stereocenters. The van der Waals surface area contributed by atoms with Gasteiger partial charge < -0.3 is 15.1 Å². The Morgan fingerprint density at radius 2 is 1.58 bits per heavy atom. The molecule has 3 saturated heterocycles. The van der Waals surface area contributed by atoms with Gasteiger partial charge in [-0.3, -0.25) is 4.79 Å². The van der Waals surface area contributed by atoms with Crippen LogP contribution in [-0.4, -0.2) is 50.1 Å². The maximum Gasteiger partial charge on any atom is 0.253 e. The number of carbonyl (C=O) groups is 1. The van der Waals surface area contributed by atoms with Gasteiger partial charge in [-0.05, 0) is 75.3 Å². The first-order valence-corrected chi connectivity index (χ1v) is 9.54. The highest BCUT2D eigenvalue weighted by Crippen LogP contribution is 2.34. The number of nitrogens with one attached hydrogen (secondary N) is 1. The van der Waals surface area contributed by atoms with Crippen LogP contribution in [0, 0.1) is 11.8 Å². The van der Waals surface area contributed by atoms with Crippen molar-refractivity contribution in [1.29, 1.82) is 0 Å². The molecular weight excluding hydrogens is 298 g/mol. The summed E-state index contributed by atoms with van der Waals surface area (Å²) in [5.74, 6) is 1.69. The number of hydrogen-bond acceptors (Lipinski definition) is 3. The zero-order chi connectivity index (χ0) is 16.5. The predicted octanol–water partition coefficient (Wildman–Crippen LogP) is 2.75. The zero-order valence-corrected chi connectivity index (χ0v) is 14.7. The molecule has 0 spiro atoms. The van der Waals surface area contributed by atoms with Crippen LogP contribution in [0.25, 0.3) is 0 Å². The van der Waals surface area contributed by atoms with Crippen molar-refractivity contribution in [3.8, 4) is 0 Å². The fourth-order valence-electron chi connectivity index (χ4n) is 4.69. The third kappa shape index (κ3) is 3.16. The molecule has 1 N–H and O–H groups in total. The Balaban J connectivity index is 1.44. The van der Waals surface area contributed by atoms with Crippen LogP contribution in [0.3, 0.4) is 0 Å².